The van der Waals surface area contributed by atoms with Crippen LogP contribution in [0.15, 0.2) is 27.8 Å². The second kappa shape index (κ2) is 4.80. The molecule has 3 N–H and O–H groups in total. The van der Waals surface area contributed by atoms with E-state index in [4.69, 9.17) is 10.9 Å². The van der Waals surface area contributed by atoms with Crippen LogP contribution < -0.4 is 10.6 Å². The van der Waals surface area contributed by atoms with Crippen LogP contribution in [0.1, 0.15) is 32.3 Å². The van der Waals surface area contributed by atoms with E-state index in [9.17, 15) is 0 Å². The maximum absolute atomic E-state index is 8.68. The van der Waals surface area contributed by atoms with Crippen molar-refractivity contribution >= 4 is 27.5 Å². The Labute approximate surface area is 116 Å². The van der Waals surface area contributed by atoms with Crippen LogP contribution in [0.5, 0.6) is 0 Å². The minimum absolute atomic E-state index is 0.128. The predicted molar refractivity (Wildman–Crippen MR) is 77.3 cm³/mol. The molecule has 5 heteroatoms. The van der Waals surface area contributed by atoms with Crippen LogP contribution in [0, 0.1) is 0 Å². The highest BCUT2D eigenvalue weighted by atomic mass is 79.9. The van der Waals surface area contributed by atoms with E-state index in [-0.39, 0.29) is 11.4 Å². The molecule has 4 nitrogen and oxygen atoms in total. The number of halogens is 1. The van der Waals surface area contributed by atoms with E-state index >= 15 is 0 Å². The van der Waals surface area contributed by atoms with Gasteiger partial charge in [0.2, 0.25) is 0 Å². The molecule has 1 aromatic rings. The smallest absolute Gasteiger partial charge is 0.170 e. The van der Waals surface area contributed by atoms with Crippen molar-refractivity contribution in [1.82, 2.24) is 0 Å². The molecule has 18 heavy (non-hydrogen) atoms. The van der Waals surface area contributed by atoms with Gasteiger partial charge in [0, 0.05) is 22.1 Å². The molecule has 0 amide bonds. The van der Waals surface area contributed by atoms with Crippen LogP contribution in [0.25, 0.3) is 0 Å². The van der Waals surface area contributed by atoms with Gasteiger partial charge in [0.05, 0.1) is 5.69 Å². The largest absolute Gasteiger partial charge is 0.409 e. The van der Waals surface area contributed by atoms with Crippen molar-refractivity contribution in [2.75, 3.05) is 11.4 Å². The van der Waals surface area contributed by atoms with Crippen LogP contribution >= 0.6 is 15.9 Å². The van der Waals surface area contributed by atoms with Crippen molar-refractivity contribution in [3.8, 4) is 0 Å². The third-order valence-electron chi connectivity index (χ3n) is 3.54. The van der Waals surface area contributed by atoms with Gasteiger partial charge in [-0.25, -0.2) is 0 Å². The molecule has 1 fully saturated rings. The van der Waals surface area contributed by atoms with Gasteiger partial charge in [0.1, 0.15) is 0 Å². The van der Waals surface area contributed by atoms with E-state index in [1.165, 1.54) is 12.8 Å². The fraction of sp³-hybridized carbons (Fsp3) is 0.462. The summed E-state index contributed by atoms with van der Waals surface area (Å²) in [5, 5.41) is 11.7. The molecule has 1 aliphatic heterocycles. The Bertz CT molecular complexity index is 485. The average molecular weight is 312 g/mol. The Kier molecular flexibility index (Phi) is 3.52. The molecule has 0 aromatic heterocycles. The molecule has 1 aliphatic rings. The number of hydrogen-bond donors (Lipinski definition) is 2. The lowest BCUT2D eigenvalue weighted by molar-refractivity contribution is 0.318. The van der Waals surface area contributed by atoms with Gasteiger partial charge in [-0.3, -0.25) is 0 Å². The Morgan fingerprint density at radius 1 is 1.50 bits per heavy atom. The molecule has 0 spiro atoms. The summed E-state index contributed by atoms with van der Waals surface area (Å²) in [5.41, 5.74) is 7.64. The Morgan fingerprint density at radius 3 is 2.72 bits per heavy atom. The fourth-order valence-corrected chi connectivity index (χ4v) is 3.09. The summed E-state index contributed by atoms with van der Waals surface area (Å²) in [4.78, 5) is 2.40. The number of rotatable bonds is 2. The SMILES string of the molecule is CC1(C)CCCN1c1ccc(/C(N)=N/O)cc1Br. The number of nitrogens with two attached hydrogens (primary N) is 1. The minimum Gasteiger partial charge on any atom is -0.409 e. The first-order valence-corrected chi connectivity index (χ1v) is 6.80. The number of oxime groups is 1. The topological polar surface area (TPSA) is 61.8 Å². The highest BCUT2D eigenvalue weighted by molar-refractivity contribution is 9.10. The van der Waals surface area contributed by atoms with Gasteiger partial charge in [-0.1, -0.05) is 5.16 Å². The maximum atomic E-state index is 8.68. The monoisotopic (exact) mass is 311 g/mol. The van der Waals surface area contributed by atoms with Crippen molar-refractivity contribution in [3.05, 3.63) is 28.2 Å². The van der Waals surface area contributed by atoms with E-state index < -0.39 is 0 Å². The Morgan fingerprint density at radius 2 is 2.22 bits per heavy atom. The van der Waals surface area contributed by atoms with Gasteiger partial charge in [0.15, 0.2) is 5.84 Å². The number of hydrogen-bond acceptors (Lipinski definition) is 3. The van der Waals surface area contributed by atoms with Gasteiger partial charge in [-0.15, -0.1) is 0 Å². The van der Waals surface area contributed by atoms with Crippen molar-refractivity contribution in [3.63, 3.8) is 0 Å². The third-order valence-corrected chi connectivity index (χ3v) is 4.18. The molecule has 0 radical (unpaired) electrons. The van der Waals surface area contributed by atoms with E-state index in [1.807, 2.05) is 18.2 Å². The van der Waals surface area contributed by atoms with Gasteiger partial charge in [0.25, 0.3) is 0 Å². The molecule has 1 saturated heterocycles. The highest BCUT2D eigenvalue weighted by Gasteiger charge is 2.32. The number of nitrogens with zero attached hydrogens (tertiary/aromatic N) is 2. The maximum Gasteiger partial charge on any atom is 0.170 e. The van der Waals surface area contributed by atoms with Gasteiger partial charge >= 0.3 is 0 Å². The van der Waals surface area contributed by atoms with E-state index in [1.54, 1.807) is 0 Å². The van der Waals surface area contributed by atoms with Crippen LogP contribution in [0.3, 0.4) is 0 Å². The van der Waals surface area contributed by atoms with E-state index in [0.29, 0.717) is 5.56 Å². The lowest BCUT2D eigenvalue weighted by atomic mass is 10.0. The first-order valence-electron chi connectivity index (χ1n) is 6.01. The second-order valence-electron chi connectivity index (χ2n) is 5.22. The fourth-order valence-electron chi connectivity index (χ4n) is 2.50. The standard InChI is InChI=1S/C13H18BrN3O/c1-13(2)6-3-7-17(13)11-5-4-9(8-10(11)14)12(15)16-18/h4-5,8,18H,3,6-7H2,1-2H3,(H2,15,16). The molecule has 2 rings (SSSR count). The minimum atomic E-state index is 0.128. The first-order chi connectivity index (χ1) is 8.45. The van der Waals surface area contributed by atoms with Crippen LogP contribution in [0.2, 0.25) is 0 Å². The van der Waals surface area contributed by atoms with Crippen molar-refractivity contribution in [2.24, 2.45) is 10.9 Å². The molecular formula is C13H18BrN3O. The summed E-state index contributed by atoms with van der Waals surface area (Å²) in [6.45, 7) is 5.57. The summed E-state index contributed by atoms with van der Waals surface area (Å²) in [6.07, 6.45) is 2.41. The number of amidine groups is 1. The van der Waals surface area contributed by atoms with Crippen molar-refractivity contribution in [2.45, 2.75) is 32.2 Å². The molecule has 0 atom stereocenters. The van der Waals surface area contributed by atoms with Crippen LogP contribution in [0.4, 0.5) is 5.69 Å². The lowest BCUT2D eigenvalue weighted by Gasteiger charge is -2.34. The quantitative estimate of drug-likeness (QED) is 0.382. The lowest BCUT2D eigenvalue weighted by Crippen LogP contribution is -2.38. The van der Waals surface area contributed by atoms with Crippen LogP contribution in [-0.2, 0) is 0 Å². The normalized spacial score (nSPS) is 19.3. The zero-order valence-electron chi connectivity index (χ0n) is 10.7. The third kappa shape index (κ3) is 2.32. The summed E-state index contributed by atoms with van der Waals surface area (Å²) >= 11 is 3.57. The van der Waals surface area contributed by atoms with E-state index in [0.717, 1.165) is 16.7 Å². The second-order valence-corrected chi connectivity index (χ2v) is 6.07. The zero-order valence-corrected chi connectivity index (χ0v) is 12.2. The van der Waals surface area contributed by atoms with E-state index in [2.05, 4.69) is 39.8 Å². The molecule has 0 unspecified atom stereocenters. The molecular weight excluding hydrogens is 294 g/mol. The Hall–Kier alpha value is -1.23. The predicted octanol–water partition coefficient (Wildman–Crippen LogP) is 2.92. The summed E-state index contributed by atoms with van der Waals surface area (Å²) in [7, 11) is 0. The molecule has 0 aliphatic carbocycles. The van der Waals surface area contributed by atoms with Gasteiger partial charge < -0.3 is 15.8 Å². The summed E-state index contributed by atoms with van der Waals surface area (Å²) < 4.78 is 0.974. The average Bonchev–Trinajstić information content (AvgIpc) is 2.68. The molecule has 98 valence electrons. The van der Waals surface area contributed by atoms with Gasteiger partial charge in [-0.05, 0) is 60.8 Å². The number of anilines is 1. The zero-order chi connectivity index (χ0) is 13.3. The van der Waals surface area contributed by atoms with Crippen molar-refractivity contribution in [1.29, 1.82) is 0 Å². The van der Waals surface area contributed by atoms with Gasteiger partial charge in [-0.2, -0.15) is 0 Å². The van der Waals surface area contributed by atoms with Crippen molar-refractivity contribution < 1.29 is 5.21 Å². The van der Waals surface area contributed by atoms with Crippen LogP contribution in [-0.4, -0.2) is 23.1 Å². The Balaban J connectivity index is 2.36. The molecule has 1 aromatic carbocycles. The summed E-state index contributed by atoms with van der Waals surface area (Å²) in [5.74, 6) is 0.128. The molecule has 1 heterocycles. The molecule has 0 bridgehead atoms. The number of benzene rings is 1. The molecule has 0 saturated carbocycles. The first kappa shape index (κ1) is 13.2. The summed E-state index contributed by atoms with van der Waals surface area (Å²) in [6, 6.07) is 5.78. The highest BCUT2D eigenvalue weighted by Crippen LogP contribution is 2.37.